The average molecular weight is 500 g/mol. The van der Waals surface area contributed by atoms with Crippen LogP contribution in [0.5, 0.6) is 0 Å². The van der Waals surface area contributed by atoms with Gasteiger partial charge >= 0.3 is 6.09 Å². The first-order valence-corrected chi connectivity index (χ1v) is 13.1. The Bertz CT molecular complexity index is 909. The Kier molecular flexibility index (Phi) is 10.6. The van der Waals surface area contributed by atoms with Crippen molar-refractivity contribution >= 4 is 17.9 Å². The summed E-state index contributed by atoms with van der Waals surface area (Å²) in [6, 6.07) is 4.33. The lowest BCUT2D eigenvalue weighted by Gasteiger charge is -2.36. The fourth-order valence-corrected chi connectivity index (χ4v) is 4.76. The fourth-order valence-electron chi connectivity index (χ4n) is 4.76. The summed E-state index contributed by atoms with van der Waals surface area (Å²) in [4.78, 5) is 41.9. The molecule has 0 saturated heterocycles. The minimum Gasteiger partial charge on any atom is -0.444 e. The van der Waals surface area contributed by atoms with Crippen LogP contribution in [0.2, 0.25) is 0 Å². The SMILES string of the molecule is C=CCN(C(=O)C(NC(=O)OC(C)(C)C)C(C)C)C(C(=O)NC1CCCCC1)c1cc(C)cc(C)c1. The molecule has 0 bridgehead atoms. The van der Waals surface area contributed by atoms with Crippen LogP contribution in [0.15, 0.2) is 30.9 Å². The molecule has 1 aromatic rings. The molecular formula is C29H45N3O4. The lowest BCUT2D eigenvalue weighted by molar-refractivity contribution is -0.143. The maximum atomic E-state index is 14.0. The van der Waals surface area contributed by atoms with E-state index in [-0.39, 0.29) is 30.3 Å². The summed E-state index contributed by atoms with van der Waals surface area (Å²) in [6.07, 6.45) is 6.19. The highest BCUT2D eigenvalue weighted by molar-refractivity contribution is 5.92. The maximum Gasteiger partial charge on any atom is 0.408 e. The molecule has 2 N–H and O–H groups in total. The normalized spacial score (nSPS) is 16.1. The summed E-state index contributed by atoms with van der Waals surface area (Å²) in [5.41, 5.74) is 2.07. The first-order chi connectivity index (χ1) is 16.8. The van der Waals surface area contributed by atoms with Gasteiger partial charge in [-0.2, -0.15) is 0 Å². The van der Waals surface area contributed by atoms with Crippen molar-refractivity contribution in [2.75, 3.05) is 6.54 Å². The number of alkyl carbamates (subject to hydrolysis) is 1. The number of rotatable bonds is 9. The standard InChI is InChI=1S/C29H45N3O4/c1-9-15-32(27(34)24(19(2)3)31-28(35)36-29(6,7)8)25(22-17-20(4)16-21(5)18-22)26(33)30-23-13-11-10-12-14-23/h9,16-19,23-25H,1,10-15H2,2-8H3,(H,30,33)(H,31,35). The number of ether oxygens (including phenoxy) is 1. The van der Waals surface area contributed by atoms with Crippen LogP contribution in [-0.2, 0) is 14.3 Å². The number of nitrogens with zero attached hydrogens (tertiary/aromatic N) is 1. The lowest BCUT2D eigenvalue weighted by Crippen LogP contribution is -2.55. The van der Waals surface area contributed by atoms with E-state index in [1.165, 1.54) is 11.3 Å². The van der Waals surface area contributed by atoms with E-state index in [9.17, 15) is 14.4 Å². The van der Waals surface area contributed by atoms with Gasteiger partial charge in [-0.05, 0) is 58.9 Å². The monoisotopic (exact) mass is 499 g/mol. The number of amides is 3. The highest BCUT2D eigenvalue weighted by atomic mass is 16.6. The molecule has 2 rings (SSSR count). The van der Waals surface area contributed by atoms with E-state index in [0.29, 0.717) is 0 Å². The molecule has 7 nitrogen and oxygen atoms in total. The summed E-state index contributed by atoms with van der Waals surface area (Å²) in [5.74, 6) is -0.778. The Balaban J connectivity index is 2.46. The Morgan fingerprint density at radius 1 is 1.08 bits per heavy atom. The van der Waals surface area contributed by atoms with Crippen LogP contribution in [0.3, 0.4) is 0 Å². The summed E-state index contributed by atoms with van der Waals surface area (Å²) in [5, 5.41) is 5.95. The minimum atomic E-state index is -0.865. The average Bonchev–Trinajstić information content (AvgIpc) is 2.75. The zero-order valence-corrected chi connectivity index (χ0v) is 23.1. The highest BCUT2D eigenvalue weighted by Crippen LogP contribution is 2.27. The van der Waals surface area contributed by atoms with Crippen molar-refractivity contribution in [3.8, 4) is 0 Å². The smallest absolute Gasteiger partial charge is 0.408 e. The molecular weight excluding hydrogens is 454 g/mol. The molecule has 36 heavy (non-hydrogen) atoms. The molecule has 1 aliphatic rings. The molecule has 1 fully saturated rings. The second-order valence-electron chi connectivity index (χ2n) is 11.3. The van der Waals surface area contributed by atoms with Crippen LogP contribution in [0.1, 0.15) is 89.5 Å². The molecule has 1 aromatic carbocycles. The van der Waals surface area contributed by atoms with Crippen molar-refractivity contribution in [2.24, 2.45) is 5.92 Å². The predicted octanol–water partition coefficient (Wildman–Crippen LogP) is 5.36. The van der Waals surface area contributed by atoms with Gasteiger partial charge in [0.1, 0.15) is 17.7 Å². The van der Waals surface area contributed by atoms with Gasteiger partial charge in [0.15, 0.2) is 0 Å². The predicted molar refractivity (Wildman–Crippen MR) is 144 cm³/mol. The zero-order valence-electron chi connectivity index (χ0n) is 23.1. The number of nitrogens with one attached hydrogen (secondary N) is 2. The van der Waals surface area contributed by atoms with E-state index in [4.69, 9.17) is 4.74 Å². The van der Waals surface area contributed by atoms with E-state index < -0.39 is 23.8 Å². The van der Waals surface area contributed by atoms with Gasteiger partial charge in [-0.15, -0.1) is 6.58 Å². The third-order valence-electron chi connectivity index (χ3n) is 6.29. The second kappa shape index (κ2) is 12.9. The van der Waals surface area contributed by atoms with Crippen molar-refractivity contribution in [1.82, 2.24) is 15.5 Å². The Labute approximate surface area is 217 Å². The van der Waals surface area contributed by atoms with Crippen molar-refractivity contribution in [3.63, 3.8) is 0 Å². The molecule has 0 radical (unpaired) electrons. The maximum absolute atomic E-state index is 14.0. The molecule has 1 aliphatic carbocycles. The first kappa shape index (κ1) is 29.4. The largest absolute Gasteiger partial charge is 0.444 e. The Morgan fingerprint density at radius 3 is 2.17 bits per heavy atom. The van der Waals surface area contributed by atoms with Crippen LogP contribution in [0.25, 0.3) is 0 Å². The van der Waals surface area contributed by atoms with E-state index in [2.05, 4.69) is 17.2 Å². The third-order valence-corrected chi connectivity index (χ3v) is 6.29. The van der Waals surface area contributed by atoms with Crippen LogP contribution < -0.4 is 10.6 Å². The minimum absolute atomic E-state index is 0.0983. The van der Waals surface area contributed by atoms with Gasteiger partial charge in [0.2, 0.25) is 11.8 Å². The zero-order chi connectivity index (χ0) is 27.0. The van der Waals surface area contributed by atoms with Crippen LogP contribution in [0, 0.1) is 19.8 Å². The number of carbonyl (C=O) groups excluding carboxylic acids is 3. The van der Waals surface area contributed by atoms with Crippen LogP contribution in [-0.4, -0.2) is 47.0 Å². The number of hydrogen-bond acceptors (Lipinski definition) is 4. The quantitative estimate of drug-likeness (QED) is 0.448. The summed E-state index contributed by atoms with van der Waals surface area (Å²) in [7, 11) is 0. The van der Waals surface area contributed by atoms with Gasteiger partial charge in [0.05, 0.1) is 0 Å². The molecule has 0 heterocycles. The Hall–Kier alpha value is -2.83. The van der Waals surface area contributed by atoms with Crippen LogP contribution >= 0.6 is 0 Å². The number of hydrogen-bond donors (Lipinski definition) is 2. The van der Waals surface area contributed by atoms with Crippen LogP contribution in [0.4, 0.5) is 4.79 Å². The number of aryl methyl sites for hydroxylation is 2. The van der Waals surface area contributed by atoms with Crippen molar-refractivity contribution < 1.29 is 19.1 Å². The van der Waals surface area contributed by atoms with Crippen molar-refractivity contribution in [1.29, 1.82) is 0 Å². The molecule has 0 spiro atoms. The third kappa shape index (κ3) is 8.68. The van der Waals surface area contributed by atoms with E-state index in [1.54, 1.807) is 26.8 Å². The van der Waals surface area contributed by atoms with E-state index in [1.807, 2.05) is 45.9 Å². The number of carbonyl (C=O) groups is 3. The van der Waals surface area contributed by atoms with Gasteiger partial charge < -0.3 is 20.3 Å². The first-order valence-electron chi connectivity index (χ1n) is 13.1. The van der Waals surface area contributed by atoms with E-state index in [0.717, 1.165) is 42.4 Å². The fraction of sp³-hybridized carbons (Fsp3) is 0.621. The molecule has 2 unspecified atom stereocenters. The molecule has 1 saturated carbocycles. The van der Waals surface area contributed by atoms with Gasteiger partial charge in [0.25, 0.3) is 0 Å². The molecule has 2 atom stereocenters. The Morgan fingerprint density at radius 2 is 1.67 bits per heavy atom. The molecule has 0 aromatic heterocycles. The summed E-state index contributed by atoms with van der Waals surface area (Å²) < 4.78 is 5.41. The van der Waals surface area contributed by atoms with Gasteiger partial charge in [0, 0.05) is 12.6 Å². The van der Waals surface area contributed by atoms with Gasteiger partial charge in [-0.1, -0.05) is 68.5 Å². The second-order valence-corrected chi connectivity index (χ2v) is 11.3. The molecule has 200 valence electrons. The number of benzene rings is 1. The van der Waals surface area contributed by atoms with Gasteiger partial charge in [-0.3, -0.25) is 9.59 Å². The molecule has 0 aliphatic heterocycles. The van der Waals surface area contributed by atoms with Crippen molar-refractivity contribution in [3.05, 3.63) is 47.5 Å². The van der Waals surface area contributed by atoms with Gasteiger partial charge in [-0.25, -0.2) is 4.79 Å². The highest BCUT2D eigenvalue weighted by Gasteiger charge is 2.37. The topological polar surface area (TPSA) is 87.7 Å². The molecule has 7 heteroatoms. The summed E-state index contributed by atoms with van der Waals surface area (Å²) in [6.45, 7) is 17.0. The van der Waals surface area contributed by atoms with Crippen molar-refractivity contribution in [2.45, 2.75) is 104 Å². The lowest BCUT2D eigenvalue weighted by atomic mass is 9.93. The van der Waals surface area contributed by atoms with E-state index >= 15 is 0 Å². The molecule has 3 amide bonds. The summed E-state index contributed by atoms with van der Waals surface area (Å²) >= 11 is 0.